The highest BCUT2D eigenvalue weighted by Gasteiger charge is 2.16. The van der Waals surface area contributed by atoms with E-state index in [1.807, 2.05) is 0 Å². The smallest absolute Gasteiger partial charge is 0.391 e. The molecule has 5 nitrogen and oxygen atoms in total. The second-order valence-electron chi connectivity index (χ2n) is 1.62. The van der Waals surface area contributed by atoms with Crippen LogP contribution in [0.2, 0.25) is 0 Å². The predicted molar refractivity (Wildman–Crippen MR) is 39.5 cm³/mol. The van der Waals surface area contributed by atoms with Gasteiger partial charge in [-0.25, -0.2) is 9.69 Å². The van der Waals surface area contributed by atoms with Crippen LogP contribution in [0.3, 0.4) is 0 Å². The van der Waals surface area contributed by atoms with Crippen LogP contribution in [0.4, 0.5) is 0 Å². The summed E-state index contributed by atoms with van der Waals surface area (Å²) in [7, 11) is 0. The van der Waals surface area contributed by atoms with Crippen molar-refractivity contribution < 1.29 is 14.6 Å². The first-order chi connectivity index (χ1) is 5.67. The van der Waals surface area contributed by atoms with E-state index in [9.17, 15) is 4.79 Å². The van der Waals surface area contributed by atoms with Gasteiger partial charge in [0.25, 0.3) is 5.95 Å². The first-order valence-electron chi connectivity index (χ1n) is 3.02. The van der Waals surface area contributed by atoms with Crippen molar-refractivity contribution in [1.29, 1.82) is 0 Å². The molecule has 5 heteroatoms. The van der Waals surface area contributed by atoms with Gasteiger partial charge in [-0.1, -0.05) is 0 Å². The molecule has 0 saturated carbocycles. The lowest BCUT2D eigenvalue weighted by atomic mass is 10.4. The van der Waals surface area contributed by atoms with Crippen LogP contribution in [0.1, 0.15) is 6.92 Å². The van der Waals surface area contributed by atoms with Gasteiger partial charge < -0.3 is 14.6 Å². The van der Waals surface area contributed by atoms with Crippen LogP contribution in [-0.2, 0) is 9.53 Å². The van der Waals surface area contributed by atoms with Crippen LogP contribution in [0.25, 0.3) is 9.69 Å². The maximum atomic E-state index is 10.6. The maximum absolute atomic E-state index is 10.6. The monoisotopic (exact) mass is 166 g/mol. The molecule has 0 saturated heterocycles. The molecule has 0 spiro atoms. The highest BCUT2D eigenvalue weighted by Crippen LogP contribution is 2.06. The van der Waals surface area contributed by atoms with Crippen molar-refractivity contribution in [2.45, 2.75) is 6.92 Å². The molecular formula is C7H6N2O3. The number of hydrogen-bond acceptors (Lipinski definition) is 3. The molecule has 0 aliphatic rings. The van der Waals surface area contributed by atoms with Crippen molar-refractivity contribution in [2.24, 2.45) is 0 Å². The number of nitrogens with zero attached hydrogens (tertiary/aromatic N) is 2. The minimum Gasteiger partial charge on any atom is -0.490 e. The summed E-state index contributed by atoms with van der Waals surface area (Å²) in [5.74, 6) is -1.90. The van der Waals surface area contributed by atoms with Crippen molar-refractivity contribution in [2.75, 3.05) is 6.61 Å². The first kappa shape index (κ1) is 9.99. The van der Waals surface area contributed by atoms with E-state index in [2.05, 4.69) is 14.4 Å². The van der Waals surface area contributed by atoms with Gasteiger partial charge in [-0.15, -0.1) is 0 Å². The highest BCUT2D eigenvalue weighted by molar-refractivity contribution is 6.02. The normalized spacial score (nSPS) is 10.6. The minimum absolute atomic E-state index is 0.135. The van der Waals surface area contributed by atoms with E-state index < -0.39 is 17.5 Å². The predicted octanol–water partition coefficient (Wildman–Crippen LogP) is 1.12. The van der Waals surface area contributed by atoms with Crippen molar-refractivity contribution in [3.8, 4) is 0 Å². The summed E-state index contributed by atoms with van der Waals surface area (Å²) >= 11 is 0. The molecule has 0 atom stereocenters. The summed E-state index contributed by atoms with van der Waals surface area (Å²) in [6, 6.07) is 0. The van der Waals surface area contributed by atoms with Crippen LogP contribution < -0.4 is 0 Å². The summed E-state index contributed by atoms with van der Waals surface area (Å²) < 4.78 is 4.48. The Kier molecular flexibility index (Phi) is 3.96. The van der Waals surface area contributed by atoms with Crippen LogP contribution in [0.15, 0.2) is 11.6 Å². The summed E-state index contributed by atoms with van der Waals surface area (Å²) in [6.45, 7) is 14.5. The highest BCUT2D eigenvalue weighted by atomic mass is 16.6. The number of aliphatic hydroxyl groups excluding tert-OH is 1. The Morgan fingerprint density at radius 3 is 2.42 bits per heavy atom. The largest absolute Gasteiger partial charge is 0.490 e. The Hall–Kier alpha value is -2.01. The van der Waals surface area contributed by atoms with Crippen LogP contribution in [-0.4, -0.2) is 17.6 Å². The second kappa shape index (κ2) is 4.75. The van der Waals surface area contributed by atoms with Crippen LogP contribution >= 0.6 is 0 Å². The number of carbonyl (C=O) groups is 1. The molecule has 0 aliphatic carbocycles. The van der Waals surface area contributed by atoms with Crippen molar-refractivity contribution >= 4 is 5.91 Å². The Morgan fingerprint density at radius 2 is 2.08 bits per heavy atom. The maximum Gasteiger partial charge on any atom is 0.391 e. The quantitative estimate of drug-likeness (QED) is 0.388. The molecule has 62 valence electrons. The zero-order valence-electron chi connectivity index (χ0n) is 6.37. The molecule has 0 fully saturated rings. The van der Waals surface area contributed by atoms with Gasteiger partial charge in [-0.05, 0) is 6.92 Å². The van der Waals surface area contributed by atoms with Gasteiger partial charge in [0, 0.05) is 0 Å². The van der Waals surface area contributed by atoms with E-state index in [1.165, 1.54) is 0 Å². The fraction of sp³-hybridized carbons (Fsp3) is 0.286. The standard InChI is InChI=1S/C7H6N2O3/c1-4-12-7(11)5(8-2)6(10)9-3/h11H,4H2,1H3. The van der Waals surface area contributed by atoms with E-state index >= 15 is 0 Å². The topological polar surface area (TPSA) is 55.2 Å². The number of carbonyl (C=O) groups excluding carboxylic acids is 1. The van der Waals surface area contributed by atoms with E-state index in [-0.39, 0.29) is 6.61 Å². The van der Waals surface area contributed by atoms with Gasteiger partial charge in [0.05, 0.1) is 19.8 Å². The van der Waals surface area contributed by atoms with Gasteiger partial charge >= 0.3 is 11.6 Å². The Balaban J connectivity index is 4.79. The summed E-state index contributed by atoms with van der Waals surface area (Å²) in [4.78, 5) is 15.7. The zero-order valence-corrected chi connectivity index (χ0v) is 6.37. The van der Waals surface area contributed by atoms with E-state index in [1.54, 1.807) is 6.92 Å². The molecule has 1 N–H and O–H groups in total. The van der Waals surface area contributed by atoms with Crippen molar-refractivity contribution in [3.63, 3.8) is 0 Å². The molecule has 0 unspecified atom stereocenters. The first-order valence-corrected chi connectivity index (χ1v) is 3.02. The van der Waals surface area contributed by atoms with E-state index in [4.69, 9.17) is 18.3 Å². The molecule has 0 aromatic heterocycles. The minimum atomic E-state index is -1.11. The molecule has 0 aromatic carbocycles. The van der Waals surface area contributed by atoms with Crippen molar-refractivity contribution in [3.05, 3.63) is 34.5 Å². The van der Waals surface area contributed by atoms with E-state index in [0.29, 0.717) is 0 Å². The molecule has 0 rings (SSSR count). The molecule has 12 heavy (non-hydrogen) atoms. The number of ether oxygens (including phenoxy) is 1. The molecule has 0 bridgehead atoms. The van der Waals surface area contributed by atoms with Gasteiger partial charge in [-0.3, -0.25) is 0 Å². The molecule has 0 heterocycles. The van der Waals surface area contributed by atoms with Crippen LogP contribution in [0, 0.1) is 13.1 Å². The molecule has 0 radical (unpaired) electrons. The van der Waals surface area contributed by atoms with Gasteiger partial charge in [0.1, 0.15) is 0 Å². The lowest BCUT2D eigenvalue weighted by Gasteiger charge is -2.00. The number of rotatable bonds is 3. The molecule has 0 aliphatic heterocycles. The SMILES string of the molecule is [C-]#[N+]C(=O)C([N+]#[C-])=C(O)OCC. The van der Waals surface area contributed by atoms with Crippen molar-refractivity contribution in [1.82, 2.24) is 0 Å². The third kappa shape index (κ3) is 2.31. The fourth-order valence-electron chi connectivity index (χ4n) is 0.445. The lowest BCUT2D eigenvalue weighted by Crippen LogP contribution is -2.00. The van der Waals surface area contributed by atoms with Gasteiger partial charge in [-0.2, -0.15) is 0 Å². The second-order valence-corrected chi connectivity index (χ2v) is 1.62. The number of amides is 1. The molecular weight excluding hydrogens is 160 g/mol. The summed E-state index contributed by atoms with van der Waals surface area (Å²) in [6.07, 6.45) is 0. The van der Waals surface area contributed by atoms with Gasteiger partial charge in [0.15, 0.2) is 0 Å². The third-order valence-electron chi connectivity index (χ3n) is 0.900. The Morgan fingerprint density at radius 1 is 1.50 bits per heavy atom. The molecule has 1 amide bonds. The average molecular weight is 166 g/mol. The third-order valence-corrected chi connectivity index (χ3v) is 0.900. The Bertz CT molecular complexity index is 293. The van der Waals surface area contributed by atoms with E-state index in [0.717, 1.165) is 0 Å². The average Bonchev–Trinajstić information content (AvgIpc) is 2.06. The Labute approximate surface area is 69.5 Å². The molecule has 0 aromatic rings. The van der Waals surface area contributed by atoms with Gasteiger partial charge in [0.2, 0.25) is 0 Å². The fourth-order valence-corrected chi connectivity index (χ4v) is 0.445. The number of aliphatic hydroxyl groups is 1. The summed E-state index contributed by atoms with van der Waals surface area (Å²) in [5.41, 5.74) is -0.674. The van der Waals surface area contributed by atoms with Crippen LogP contribution in [0.5, 0.6) is 0 Å². The zero-order chi connectivity index (χ0) is 9.56. The number of hydrogen-bond donors (Lipinski definition) is 1. The lowest BCUT2D eigenvalue weighted by molar-refractivity contribution is -0.111. The summed E-state index contributed by atoms with van der Waals surface area (Å²) in [5, 5.41) is 8.89.